The smallest absolute Gasteiger partial charge is 0.255 e. The SMILES string of the molecule is O=C(NCc1ccnc(Oc2ccccc2)c1)c1cnn(-c2ccccc2)c1C1CC1. The van der Waals surface area contributed by atoms with Crippen molar-refractivity contribution in [1.29, 1.82) is 0 Å². The molecule has 1 aliphatic rings. The molecule has 6 heteroatoms. The van der Waals surface area contributed by atoms with Gasteiger partial charge in [0, 0.05) is 24.7 Å². The molecule has 2 aromatic carbocycles. The van der Waals surface area contributed by atoms with Gasteiger partial charge in [0.25, 0.3) is 5.91 Å². The van der Waals surface area contributed by atoms with Crippen molar-refractivity contribution in [3.05, 3.63) is 102 Å². The van der Waals surface area contributed by atoms with Gasteiger partial charge in [-0.1, -0.05) is 36.4 Å². The van der Waals surface area contributed by atoms with E-state index >= 15 is 0 Å². The number of benzene rings is 2. The van der Waals surface area contributed by atoms with Crippen LogP contribution in [0.4, 0.5) is 0 Å². The van der Waals surface area contributed by atoms with Crippen molar-refractivity contribution >= 4 is 5.91 Å². The van der Waals surface area contributed by atoms with Crippen LogP contribution < -0.4 is 10.1 Å². The largest absolute Gasteiger partial charge is 0.439 e. The summed E-state index contributed by atoms with van der Waals surface area (Å²) in [5.74, 6) is 1.48. The highest BCUT2D eigenvalue weighted by Crippen LogP contribution is 2.42. The van der Waals surface area contributed by atoms with Gasteiger partial charge in [-0.05, 0) is 48.7 Å². The number of carbonyl (C=O) groups excluding carboxylic acids is 1. The minimum absolute atomic E-state index is 0.119. The molecule has 1 saturated carbocycles. The third-order valence-corrected chi connectivity index (χ3v) is 5.23. The number of amides is 1. The lowest BCUT2D eigenvalue weighted by molar-refractivity contribution is 0.0950. The maximum absolute atomic E-state index is 13.0. The second kappa shape index (κ2) is 8.44. The first-order valence-electron chi connectivity index (χ1n) is 10.4. The molecule has 0 aliphatic heterocycles. The molecule has 0 saturated heterocycles. The van der Waals surface area contributed by atoms with Crippen LogP contribution in [0.15, 0.2) is 85.2 Å². The van der Waals surface area contributed by atoms with E-state index in [1.54, 1.807) is 12.4 Å². The molecule has 4 aromatic rings. The molecule has 0 atom stereocenters. The first-order chi connectivity index (χ1) is 15.3. The zero-order valence-electron chi connectivity index (χ0n) is 16.9. The van der Waals surface area contributed by atoms with Crippen LogP contribution in [0.2, 0.25) is 0 Å². The van der Waals surface area contributed by atoms with Crippen LogP contribution in [0.5, 0.6) is 11.6 Å². The molecule has 1 amide bonds. The number of para-hydroxylation sites is 2. The van der Waals surface area contributed by atoms with E-state index in [0.717, 1.165) is 35.5 Å². The summed E-state index contributed by atoms with van der Waals surface area (Å²) < 4.78 is 7.68. The molecular formula is C25H22N4O2. The number of pyridine rings is 1. The second-order valence-electron chi connectivity index (χ2n) is 7.57. The Morgan fingerprint density at radius 3 is 2.52 bits per heavy atom. The highest BCUT2D eigenvalue weighted by Gasteiger charge is 2.32. The Hall–Kier alpha value is -3.93. The molecule has 1 fully saturated rings. The van der Waals surface area contributed by atoms with Crippen LogP contribution in [-0.2, 0) is 6.54 Å². The fourth-order valence-corrected chi connectivity index (χ4v) is 3.56. The average Bonchev–Trinajstić information content (AvgIpc) is 3.56. The summed E-state index contributed by atoms with van der Waals surface area (Å²) in [5.41, 5.74) is 3.52. The summed E-state index contributed by atoms with van der Waals surface area (Å²) >= 11 is 0. The molecular weight excluding hydrogens is 388 g/mol. The van der Waals surface area contributed by atoms with Gasteiger partial charge in [0.1, 0.15) is 5.75 Å². The van der Waals surface area contributed by atoms with Gasteiger partial charge < -0.3 is 10.1 Å². The highest BCUT2D eigenvalue weighted by molar-refractivity contribution is 5.95. The first-order valence-corrected chi connectivity index (χ1v) is 10.4. The highest BCUT2D eigenvalue weighted by atomic mass is 16.5. The zero-order valence-corrected chi connectivity index (χ0v) is 16.9. The topological polar surface area (TPSA) is 69.0 Å². The zero-order chi connectivity index (χ0) is 21.0. The van der Waals surface area contributed by atoms with Gasteiger partial charge in [-0.3, -0.25) is 4.79 Å². The van der Waals surface area contributed by atoms with Gasteiger partial charge in [-0.2, -0.15) is 5.10 Å². The van der Waals surface area contributed by atoms with E-state index in [1.807, 2.05) is 77.5 Å². The maximum atomic E-state index is 13.0. The molecule has 1 aliphatic carbocycles. The summed E-state index contributed by atoms with van der Waals surface area (Å²) in [6, 6.07) is 23.1. The van der Waals surface area contributed by atoms with Gasteiger partial charge in [0.2, 0.25) is 5.88 Å². The van der Waals surface area contributed by atoms with E-state index in [0.29, 0.717) is 23.9 Å². The quantitative estimate of drug-likeness (QED) is 0.472. The molecule has 0 spiro atoms. The number of rotatable bonds is 7. The molecule has 1 N–H and O–H groups in total. The van der Waals surface area contributed by atoms with Crippen molar-refractivity contribution < 1.29 is 9.53 Å². The van der Waals surface area contributed by atoms with Gasteiger partial charge in [-0.25, -0.2) is 9.67 Å². The van der Waals surface area contributed by atoms with Crippen molar-refractivity contribution in [2.24, 2.45) is 0 Å². The minimum Gasteiger partial charge on any atom is -0.439 e. The van der Waals surface area contributed by atoms with Crippen LogP contribution in [-0.4, -0.2) is 20.7 Å². The molecule has 31 heavy (non-hydrogen) atoms. The number of nitrogens with zero attached hydrogens (tertiary/aromatic N) is 3. The summed E-state index contributed by atoms with van der Waals surface area (Å²) in [6.45, 7) is 0.382. The lowest BCUT2D eigenvalue weighted by Gasteiger charge is -2.10. The summed E-state index contributed by atoms with van der Waals surface area (Å²) in [7, 11) is 0. The fourth-order valence-electron chi connectivity index (χ4n) is 3.56. The van der Waals surface area contributed by atoms with E-state index < -0.39 is 0 Å². The third kappa shape index (κ3) is 4.33. The number of carbonyl (C=O) groups is 1. The van der Waals surface area contributed by atoms with Crippen LogP contribution in [0.1, 0.15) is 40.4 Å². The Labute approximate surface area is 180 Å². The van der Waals surface area contributed by atoms with Gasteiger partial charge in [-0.15, -0.1) is 0 Å². The van der Waals surface area contributed by atoms with E-state index in [9.17, 15) is 4.79 Å². The van der Waals surface area contributed by atoms with Crippen molar-refractivity contribution in [3.63, 3.8) is 0 Å². The summed E-state index contributed by atoms with van der Waals surface area (Å²) in [5, 5.41) is 7.53. The van der Waals surface area contributed by atoms with Gasteiger partial charge >= 0.3 is 0 Å². The Morgan fingerprint density at radius 1 is 1.03 bits per heavy atom. The molecule has 154 valence electrons. The van der Waals surface area contributed by atoms with Gasteiger partial charge in [0.05, 0.1) is 23.1 Å². The molecule has 5 rings (SSSR count). The van der Waals surface area contributed by atoms with E-state index in [4.69, 9.17) is 4.74 Å². The van der Waals surface area contributed by atoms with Crippen LogP contribution in [0.3, 0.4) is 0 Å². The Bertz CT molecular complexity index is 1180. The second-order valence-corrected chi connectivity index (χ2v) is 7.57. The average molecular weight is 410 g/mol. The van der Waals surface area contributed by atoms with E-state index in [-0.39, 0.29) is 5.91 Å². The van der Waals surface area contributed by atoms with Crippen LogP contribution >= 0.6 is 0 Å². The number of hydrogen-bond acceptors (Lipinski definition) is 4. The van der Waals surface area contributed by atoms with Gasteiger partial charge in [0.15, 0.2) is 0 Å². The predicted octanol–water partition coefficient (Wildman–Crippen LogP) is 4.87. The predicted molar refractivity (Wildman–Crippen MR) is 117 cm³/mol. The molecule has 2 aromatic heterocycles. The van der Waals surface area contributed by atoms with E-state index in [2.05, 4.69) is 15.4 Å². The van der Waals surface area contributed by atoms with Crippen molar-refractivity contribution in [1.82, 2.24) is 20.1 Å². The Morgan fingerprint density at radius 2 is 1.77 bits per heavy atom. The van der Waals surface area contributed by atoms with Crippen molar-refractivity contribution in [3.8, 4) is 17.3 Å². The standard InChI is InChI=1S/C25H22N4O2/c30-25(22-17-28-29(24(22)19-11-12-19)20-7-3-1-4-8-20)27-16-18-13-14-26-23(15-18)31-21-9-5-2-6-10-21/h1-10,13-15,17,19H,11-12,16H2,(H,27,30). The van der Waals surface area contributed by atoms with Crippen LogP contribution in [0, 0.1) is 0 Å². The number of aromatic nitrogens is 3. The first kappa shape index (κ1) is 19.1. The summed E-state index contributed by atoms with van der Waals surface area (Å²) in [4.78, 5) is 17.2. The maximum Gasteiger partial charge on any atom is 0.255 e. The lowest BCUT2D eigenvalue weighted by Crippen LogP contribution is -2.23. The normalized spacial score (nSPS) is 13.0. The monoisotopic (exact) mass is 410 g/mol. The van der Waals surface area contributed by atoms with Crippen molar-refractivity contribution in [2.75, 3.05) is 0 Å². The number of ether oxygens (including phenoxy) is 1. The number of nitrogens with one attached hydrogen (secondary N) is 1. The molecule has 0 bridgehead atoms. The Balaban J connectivity index is 1.30. The molecule has 6 nitrogen and oxygen atoms in total. The fraction of sp³-hybridized carbons (Fsp3) is 0.160. The Kier molecular flexibility index (Phi) is 5.19. The lowest BCUT2D eigenvalue weighted by atomic mass is 10.1. The summed E-state index contributed by atoms with van der Waals surface area (Å²) in [6.07, 6.45) is 5.53. The van der Waals surface area contributed by atoms with E-state index in [1.165, 1.54) is 0 Å². The third-order valence-electron chi connectivity index (χ3n) is 5.23. The van der Waals surface area contributed by atoms with Crippen LogP contribution in [0.25, 0.3) is 5.69 Å². The van der Waals surface area contributed by atoms with Crippen molar-refractivity contribution in [2.45, 2.75) is 25.3 Å². The number of hydrogen-bond donors (Lipinski definition) is 1. The molecule has 0 unspecified atom stereocenters. The molecule has 0 radical (unpaired) electrons. The molecule has 2 heterocycles. The minimum atomic E-state index is -0.119.